The van der Waals surface area contributed by atoms with E-state index in [2.05, 4.69) is 31.2 Å². The van der Waals surface area contributed by atoms with Crippen molar-refractivity contribution in [1.29, 1.82) is 0 Å². The van der Waals surface area contributed by atoms with E-state index >= 15 is 0 Å². The zero-order valence-electron chi connectivity index (χ0n) is 12.2. The quantitative estimate of drug-likeness (QED) is 0.873. The number of benzene rings is 2. The number of ether oxygens (including phenoxy) is 1. The number of sulfone groups is 1. The predicted molar refractivity (Wildman–Crippen MR) is 85.6 cm³/mol. The molecule has 0 spiro atoms. The van der Waals surface area contributed by atoms with Gasteiger partial charge in [-0.3, -0.25) is 0 Å². The molecule has 0 amide bonds. The summed E-state index contributed by atoms with van der Waals surface area (Å²) in [7, 11) is -2.79. The highest BCUT2D eigenvalue weighted by Crippen LogP contribution is 2.24. The SMILES string of the molecule is Cc1ccc2cc(OCC3CCS(=O)(=O)CC3)ccc2c1. The molecule has 1 saturated heterocycles. The lowest BCUT2D eigenvalue weighted by atomic mass is 10.0. The average molecular weight is 304 g/mol. The summed E-state index contributed by atoms with van der Waals surface area (Å²) in [5, 5.41) is 2.38. The van der Waals surface area contributed by atoms with E-state index in [0.29, 0.717) is 24.0 Å². The van der Waals surface area contributed by atoms with Gasteiger partial charge in [-0.1, -0.05) is 29.8 Å². The Labute approximate surface area is 125 Å². The smallest absolute Gasteiger partial charge is 0.150 e. The Bertz CT molecular complexity index is 736. The third-order valence-electron chi connectivity index (χ3n) is 4.13. The highest BCUT2D eigenvalue weighted by molar-refractivity contribution is 7.91. The molecule has 1 heterocycles. The van der Waals surface area contributed by atoms with Crippen LogP contribution in [0.5, 0.6) is 5.75 Å². The second-order valence-electron chi connectivity index (χ2n) is 5.92. The van der Waals surface area contributed by atoms with E-state index in [9.17, 15) is 8.42 Å². The number of hydrogen-bond acceptors (Lipinski definition) is 3. The van der Waals surface area contributed by atoms with Crippen LogP contribution < -0.4 is 4.74 Å². The lowest BCUT2D eigenvalue weighted by molar-refractivity contribution is 0.238. The molecule has 0 aliphatic carbocycles. The van der Waals surface area contributed by atoms with Crippen LogP contribution in [0, 0.1) is 12.8 Å². The monoisotopic (exact) mass is 304 g/mol. The Hall–Kier alpha value is -1.55. The predicted octanol–water partition coefficient (Wildman–Crippen LogP) is 3.35. The molecule has 2 aromatic carbocycles. The van der Waals surface area contributed by atoms with Crippen molar-refractivity contribution in [3.05, 3.63) is 42.0 Å². The molecular weight excluding hydrogens is 284 g/mol. The summed E-state index contributed by atoms with van der Waals surface area (Å²) < 4.78 is 28.7. The molecule has 1 aliphatic rings. The van der Waals surface area contributed by atoms with Gasteiger partial charge in [-0.2, -0.15) is 0 Å². The fourth-order valence-corrected chi connectivity index (χ4v) is 4.34. The van der Waals surface area contributed by atoms with Crippen LogP contribution in [0.2, 0.25) is 0 Å². The van der Waals surface area contributed by atoms with Crippen molar-refractivity contribution in [2.24, 2.45) is 5.92 Å². The molecule has 3 rings (SSSR count). The molecule has 0 bridgehead atoms. The molecule has 0 atom stereocenters. The van der Waals surface area contributed by atoms with Crippen LogP contribution in [0.1, 0.15) is 18.4 Å². The summed E-state index contributed by atoms with van der Waals surface area (Å²) in [6, 6.07) is 12.5. The topological polar surface area (TPSA) is 43.4 Å². The van der Waals surface area contributed by atoms with Gasteiger partial charge in [-0.25, -0.2) is 8.42 Å². The summed E-state index contributed by atoms with van der Waals surface area (Å²) in [4.78, 5) is 0. The Morgan fingerprint density at radius 3 is 2.48 bits per heavy atom. The van der Waals surface area contributed by atoms with Gasteiger partial charge >= 0.3 is 0 Å². The second-order valence-corrected chi connectivity index (χ2v) is 8.22. The van der Waals surface area contributed by atoms with Gasteiger partial charge in [0.1, 0.15) is 15.6 Å². The van der Waals surface area contributed by atoms with Gasteiger partial charge in [0.05, 0.1) is 18.1 Å². The fraction of sp³-hybridized carbons (Fsp3) is 0.412. The van der Waals surface area contributed by atoms with Crippen LogP contribution in [0.15, 0.2) is 36.4 Å². The Kier molecular flexibility index (Phi) is 3.89. The van der Waals surface area contributed by atoms with E-state index in [1.807, 2.05) is 12.1 Å². The molecule has 2 aromatic rings. The molecule has 0 N–H and O–H groups in total. The molecule has 3 nitrogen and oxygen atoms in total. The van der Waals surface area contributed by atoms with Crippen molar-refractivity contribution < 1.29 is 13.2 Å². The molecule has 4 heteroatoms. The maximum Gasteiger partial charge on any atom is 0.150 e. The van der Waals surface area contributed by atoms with Crippen molar-refractivity contribution in [2.45, 2.75) is 19.8 Å². The summed E-state index contributed by atoms with van der Waals surface area (Å²) in [5.41, 5.74) is 1.25. The van der Waals surface area contributed by atoms with Crippen molar-refractivity contribution in [3.63, 3.8) is 0 Å². The van der Waals surface area contributed by atoms with Gasteiger partial charge in [0.2, 0.25) is 0 Å². The van der Waals surface area contributed by atoms with Crippen LogP contribution in [-0.4, -0.2) is 26.5 Å². The van der Waals surface area contributed by atoms with E-state index in [-0.39, 0.29) is 0 Å². The van der Waals surface area contributed by atoms with Crippen molar-refractivity contribution in [3.8, 4) is 5.75 Å². The van der Waals surface area contributed by atoms with Gasteiger partial charge in [-0.05, 0) is 48.6 Å². The first-order valence-electron chi connectivity index (χ1n) is 7.35. The summed E-state index contributed by atoms with van der Waals surface area (Å²) in [5.74, 6) is 1.82. The minimum absolute atomic E-state index is 0.304. The first-order chi connectivity index (χ1) is 10.0. The number of aryl methyl sites for hydroxylation is 1. The largest absolute Gasteiger partial charge is 0.493 e. The molecule has 21 heavy (non-hydrogen) atoms. The Balaban J connectivity index is 1.64. The number of rotatable bonds is 3. The summed E-state index contributed by atoms with van der Waals surface area (Å²) >= 11 is 0. The van der Waals surface area contributed by atoms with Crippen molar-refractivity contribution in [2.75, 3.05) is 18.1 Å². The standard InChI is InChI=1S/C17H20O3S/c1-13-2-3-16-11-17(5-4-15(16)10-13)20-12-14-6-8-21(18,19)9-7-14/h2-5,10-11,14H,6-9,12H2,1H3. The normalized spacial score (nSPS) is 18.7. The summed E-state index contributed by atoms with van der Waals surface area (Å²) in [6.45, 7) is 2.69. The van der Waals surface area contributed by atoms with Gasteiger partial charge in [-0.15, -0.1) is 0 Å². The van der Waals surface area contributed by atoms with E-state index in [4.69, 9.17) is 4.74 Å². The lowest BCUT2D eigenvalue weighted by Crippen LogP contribution is -2.26. The fourth-order valence-electron chi connectivity index (χ4n) is 2.75. The molecule has 0 aromatic heterocycles. The zero-order valence-corrected chi connectivity index (χ0v) is 13.0. The molecule has 0 radical (unpaired) electrons. The van der Waals surface area contributed by atoms with E-state index in [0.717, 1.165) is 18.6 Å². The minimum atomic E-state index is -2.79. The summed E-state index contributed by atoms with van der Waals surface area (Å²) in [6.07, 6.45) is 1.43. The molecule has 1 fully saturated rings. The minimum Gasteiger partial charge on any atom is -0.493 e. The van der Waals surface area contributed by atoms with Gasteiger partial charge < -0.3 is 4.74 Å². The maximum atomic E-state index is 11.4. The zero-order chi connectivity index (χ0) is 14.9. The molecular formula is C17H20O3S. The Morgan fingerprint density at radius 1 is 1.05 bits per heavy atom. The third-order valence-corrected chi connectivity index (χ3v) is 5.84. The average Bonchev–Trinajstić information content (AvgIpc) is 2.46. The lowest BCUT2D eigenvalue weighted by Gasteiger charge is -2.22. The van der Waals surface area contributed by atoms with E-state index in [1.165, 1.54) is 16.3 Å². The van der Waals surface area contributed by atoms with Crippen LogP contribution in [-0.2, 0) is 9.84 Å². The number of hydrogen-bond donors (Lipinski definition) is 0. The molecule has 112 valence electrons. The van der Waals surface area contributed by atoms with Gasteiger partial charge in [0, 0.05) is 0 Å². The van der Waals surface area contributed by atoms with Gasteiger partial charge in [0.25, 0.3) is 0 Å². The van der Waals surface area contributed by atoms with Crippen molar-refractivity contribution in [1.82, 2.24) is 0 Å². The van der Waals surface area contributed by atoms with Gasteiger partial charge in [0.15, 0.2) is 0 Å². The van der Waals surface area contributed by atoms with E-state index < -0.39 is 9.84 Å². The molecule has 0 saturated carbocycles. The van der Waals surface area contributed by atoms with Crippen LogP contribution in [0.3, 0.4) is 0 Å². The number of fused-ring (bicyclic) bond motifs is 1. The van der Waals surface area contributed by atoms with E-state index in [1.54, 1.807) is 0 Å². The second kappa shape index (κ2) is 5.68. The third kappa shape index (κ3) is 3.56. The highest BCUT2D eigenvalue weighted by Gasteiger charge is 2.23. The molecule has 0 unspecified atom stereocenters. The van der Waals surface area contributed by atoms with Crippen molar-refractivity contribution >= 4 is 20.6 Å². The molecule has 1 aliphatic heterocycles. The Morgan fingerprint density at radius 2 is 1.71 bits per heavy atom. The van der Waals surface area contributed by atoms with Crippen LogP contribution in [0.25, 0.3) is 10.8 Å². The van der Waals surface area contributed by atoms with Crippen LogP contribution >= 0.6 is 0 Å². The first kappa shape index (κ1) is 14.4. The highest BCUT2D eigenvalue weighted by atomic mass is 32.2. The first-order valence-corrected chi connectivity index (χ1v) is 9.18. The van der Waals surface area contributed by atoms with Crippen LogP contribution in [0.4, 0.5) is 0 Å². The maximum absolute atomic E-state index is 11.4.